The lowest BCUT2D eigenvalue weighted by Gasteiger charge is -2.24. The topological polar surface area (TPSA) is 86.8 Å². The van der Waals surface area contributed by atoms with Crippen molar-refractivity contribution >= 4 is 14.8 Å². The van der Waals surface area contributed by atoms with Crippen molar-refractivity contribution in [2.24, 2.45) is 0 Å². The van der Waals surface area contributed by atoms with E-state index in [1.807, 2.05) is 0 Å². The first-order valence-corrected chi connectivity index (χ1v) is 7.97. The molecule has 1 unspecified atom stereocenters. The van der Waals surface area contributed by atoms with Crippen molar-refractivity contribution in [1.29, 1.82) is 0 Å². The van der Waals surface area contributed by atoms with Crippen molar-refractivity contribution in [3.63, 3.8) is 0 Å². The Morgan fingerprint density at radius 3 is 2.16 bits per heavy atom. The highest BCUT2D eigenvalue weighted by molar-refractivity contribution is 6.60. The van der Waals surface area contributed by atoms with Gasteiger partial charge in [0.1, 0.15) is 6.10 Å². The Hall–Kier alpha value is -0.513. The molecule has 0 aromatic rings. The van der Waals surface area contributed by atoms with E-state index >= 15 is 0 Å². The van der Waals surface area contributed by atoms with Crippen LogP contribution in [0.4, 0.5) is 0 Å². The van der Waals surface area contributed by atoms with Gasteiger partial charge in [-0.2, -0.15) is 0 Å². The lowest BCUT2D eigenvalue weighted by atomic mass is 10.5. The molecule has 0 aromatic carbocycles. The molecule has 7 nitrogen and oxygen atoms in total. The van der Waals surface area contributed by atoms with Gasteiger partial charge in [-0.1, -0.05) is 0 Å². The van der Waals surface area contributed by atoms with Crippen molar-refractivity contribution in [2.75, 3.05) is 41.2 Å². The Kier molecular flexibility index (Phi) is 10.0. The summed E-state index contributed by atoms with van der Waals surface area (Å²) in [5, 5.41) is 7.42. The van der Waals surface area contributed by atoms with E-state index in [1.54, 1.807) is 21.3 Å². The second kappa shape index (κ2) is 10.3. The van der Waals surface area contributed by atoms with Gasteiger partial charge >= 0.3 is 8.80 Å². The molecule has 1 atom stereocenters. The molecule has 8 heteroatoms. The molecule has 0 saturated carbocycles. The van der Waals surface area contributed by atoms with E-state index < -0.39 is 14.8 Å². The van der Waals surface area contributed by atoms with Crippen molar-refractivity contribution in [2.45, 2.75) is 25.5 Å². The van der Waals surface area contributed by atoms with Gasteiger partial charge in [0.15, 0.2) is 0 Å². The summed E-state index contributed by atoms with van der Waals surface area (Å²) >= 11 is 0. The number of carbonyl (C=O) groups is 1. The standard InChI is InChI=1S/C9H20O5Si.C2H4O2/c1-10-15(11-2,12-3)6-4-5-13-7-9-8-14-9;1-2(3)4/h9H,4-8H2,1-3H3;1H3,(H,3,4). The third kappa shape index (κ3) is 9.99. The predicted molar refractivity (Wildman–Crippen MR) is 70.1 cm³/mol. The van der Waals surface area contributed by atoms with Gasteiger partial charge in [0.05, 0.1) is 13.2 Å². The highest BCUT2D eigenvalue weighted by atomic mass is 28.4. The summed E-state index contributed by atoms with van der Waals surface area (Å²) in [7, 11) is 2.48. The fourth-order valence-electron chi connectivity index (χ4n) is 1.33. The third-order valence-electron chi connectivity index (χ3n) is 2.41. The number of carboxylic acid groups (broad SMARTS) is 1. The maximum Gasteiger partial charge on any atom is 0.500 e. The maximum absolute atomic E-state index is 9.00. The zero-order chi connectivity index (χ0) is 14.7. The fraction of sp³-hybridized carbons (Fsp3) is 0.909. The summed E-state index contributed by atoms with van der Waals surface area (Å²) in [6, 6.07) is 0.780. The van der Waals surface area contributed by atoms with Crippen LogP contribution in [0.15, 0.2) is 0 Å². The van der Waals surface area contributed by atoms with Crippen molar-refractivity contribution in [3.05, 3.63) is 0 Å². The molecular formula is C11H24O7Si. The van der Waals surface area contributed by atoms with Gasteiger partial charge in [-0.15, -0.1) is 0 Å². The average Bonchev–Trinajstić information content (AvgIpc) is 3.18. The molecule has 1 fully saturated rings. The maximum atomic E-state index is 9.00. The zero-order valence-electron chi connectivity index (χ0n) is 12.0. The van der Waals surface area contributed by atoms with Gasteiger partial charge in [0, 0.05) is 40.9 Å². The number of carboxylic acids is 1. The molecule has 1 aliphatic heterocycles. The van der Waals surface area contributed by atoms with Crippen LogP contribution in [0.2, 0.25) is 6.04 Å². The van der Waals surface area contributed by atoms with Crippen LogP contribution in [-0.2, 0) is 27.5 Å². The molecule has 0 spiro atoms. The molecule has 0 bridgehead atoms. The van der Waals surface area contributed by atoms with Gasteiger partial charge in [0.2, 0.25) is 0 Å². The molecule has 0 aliphatic carbocycles. The third-order valence-corrected chi connectivity index (χ3v) is 5.24. The van der Waals surface area contributed by atoms with Gasteiger partial charge in [-0.25, -0.2) is 0 Å². The SMILES string of the molecule is CC(=O)O.CO[Si](CCCOCC1CO1)(OC)OC. The monoisotopic (exact) mass is 296 g/mol. The summed E-state index contributed by atoms with van der Waals surface area (Å²) in [5.41, 5.74) is 0. The highest BCUT2D eigenvalue weighted by Gasteiger charge is 2.36. The van der Waals surface area contributed by atoms with E-state index in [4.69, 9.17) is 32.7 Å². The second-order valence-electron chi connectivity index (χ2n) is 3.95. The molecule has 1 rings (SSSR count). The minimum atomic E-state index is -2.39. The molecule has 1 N–H and O–H groups in total. The summed E-state index contributed by atoms with van der Waals surface area (Å²) in [6.45, 7) is 3.32. The van der Waals surface area contributed by atoms with Crippen molar-refractivity contribution < 1.29 is 32.7 Å². The van der Waals surface area contributed by atoms with Crippen LogP contribution in [0.1, 0.15) is 13.3 Å². The summed E-state index contributed by atoms with van der Waals surface area (Å²) in [4.78, 5) is 9.00. The van der Waals surface area contributed by atoms with E-state index in [1.165, 1.54) is 0 Å². The lowest BCUT2D eigenvalue weighted by Crippen LogP contribution is -2.42. The molecular weight excluding hydrogens is 272 g/mol. The van der Waals surface area contributed by atoms with Crippen LogP contribution < -0.4 is 0 Å². The Bertz CT molecular complexity index is 229. The molecule has 114 valence electrons. The minimum Gasteiger partial charge on any atom is -0.481 e. The van der Waals surface area contributed by atoms with Crippen LogP contribution in [-0.4, -0.2) is 67.1 Å². The Balaban J connectivity index is 0.000000711. The quantitative estimate of drug-likeness (QED) is 0.382. The van der Waals surface area contributed by atoms with Crippen molar-refractivity contribution in [3.8, 4) is 0 Å². The largest absolute Gasteiger partial charge is 0.500 e. The van der Waals surface area contributed by atoms with Gasteiger partial charge < -0.3 is 27.9 Å². The van der Waals surface area contributed by atoms with Crippen LogP contribution in [0.5, 0.6) is 0 Å². The predicted octanol–water partition coefficient (Wildman–Crippen LogP) is 0.761. The molecule has 1 aliphatic rings. The first-order chi connectivity index (χ1) is 8.99. The van der Waals surface area contributed by atoms with Gasteiger partial charge in [0.25, 0.3) is 5.97 Å². The highest BCUT2D eigenvalue weighted by Crippen LogP contribution is 2.15. The molecule has 0 amide bonds. The van der Waals surface area contributed by atoms with E-state index in [0.717, 1.165) is 26.0 Å². The van der Waals surface area contributed by atoms with Crippen LogP contribution in [0.25, 0.3) is 0 Å². The summed E-state index contributed by atoms with van der Waals surface area (Å²) in [5.74, 6) is -0.833. The van der Waals surface area contributed by atoms with Gasteiger partial charge in [-0.3, -0.25) is 4.79 Å². The van der Waals surface area contributed by atoms with Crippen LogP contribution in [0.3, 0.4) is 0 Å². The lowest BCUT2D eigenvalue weighted by molar-refractivity contribution is -0.134. The Morgan fingerprint density at radius 2 is 1.79 bits per heavy atom. The van der Waals surface area contributed by atoms with Crippen LogP contribution >= 0.6 is 0 Å². The first kappa shape index (κ1) is 18.5. The van der Waals surface area contributed by atoms with Gasteiger partial charge in [-0.05, 0) is 6.42 Å². The molecule has 0 aromatic heterocycles. The normalized spacial score (nSPS) is 17.6. The minimum absolute atomic E-state index is 0.333. The van der Waals surface area contributed by atoms with E-state index in [0.29, 0.717) is 19.3 Å². The molecule has 1 saturated heterocycles. The average molecular weight is 296 g/mol. The Labute approximate surface area is 115 Å². The molecule has 0 radical (unpaired) electrons. The fourth-order valence-corrected chi connectivity index (χ4v) is 3.02. The first-order valence-electron chi connectivity index (χ1n) is 6.04. The number of aliphatic carboxylic acids is 1. The van der Waals surface area contributed by atoms with E-state index in [-0.39, 0.29) is 0 Å². The van der Waals surface area contributed by atoms with E-state index in [9.17, 15) is 0 Å². The molecule has 19 heavy (non-hydrogen) atoms. The zero-order valence-corrected chi connectivity index (χ0v) is 13.0. The van der Waals surface area contributed by atoms with E-state index in [2.05, 4.69) is 0 Å². The number of ether oxygens (including phenoxy) is 2. The van der Waals surface area contributed by atoms with Crippen molar-refractivity contribution in [1.82, 2.24) is 0 Å². The second-order valence-corrected chi connectivity index (χ2v) is 7.04. The number of rotatable bonds is 9. The number of hydrogen-bond acceptors (Lipinski definition) is 6. The summed E-state index contributed by atoms with van der Waals surface area (Å²) < 4.78 is 26.3. The number of hydrogen-bond donors (Lipinski definition) is 1. The smallest absolute Gasteiger partial charge is 0.481 e. The Morgan fingerprint density at radius 1 is 1.32 bits per heavy atom. The number of epoxide rings is 1. The summed E-state index contributed by atoms with van der Waals surface area (Å²) in [6.07, 6.45) is 1.22. The van der Waals surface area contributed by atoms with Crippen LogP contribution in [0, 0.1) is 0 Å². The molecule has 1 heterocycles.